The Morgan fingerprint density at radius 3 is 2.58 bits per heavy atom. The summed E-state index contributed by atoms with van der Waals surface area (Å²) in [6, 6.07) is 9.14. The molecule has 0 N–H and O–H groups in total. The molecule has 3 aliphatic rings. The Bertz CT molecular complexity index is 587. The molecule has 0 bridgehead atoms. The first kappa shape index (κ1) is 16.1. The van der Waals surface area contributed by atoms with Gasteiger partial charge < -0.3 is 9.64 Å². The Morgan fingerprint density at radius 1 is 1.17 bits per heavy atom. The number of ether oxygens (including phenoxy) is 1. The summed E-state index contributed by atoms with van der Waals surface area (Å²) in [5.74, 6) is 1.09. The smallest absolute Gasteiger partial charge is 0.253 e. The third-order valence-electron chi connectivity index (χ3n) is 5.71. The average Bonchev–Trinajstić information content (AvgIpc) is 3.37. The van der Waals surface area contributed by atoms with Gasteiger partial charge in [-0.25, -0.2) is 0 Å². The van der Waals surface area contributed by atoms with Crippen LogP contribution in [0, 0.1) is 12.8 Å². The maximum absolute atomic E-state index is 12.6. The van der Waals surface area contributed by atoms with Gasteiger partial charge in [0.25, 0.3) is 5.91 Å². The number of hydrogen-bond acceptors (Lipinski definition) is 3. The molecule has 2 heterocycles. The molecule has 0 radical (unpaired) electrons. The zero-order valence-corrected chi connectivity index (χ0v) is 14.6. The van der Waals surface area contributed by atoms with E-state index >= 15 is 0 Å². The quantitative estimate of drug-likeness (QED) is 0.833. The largest absolute Gasteiger partial charge is 0.381 e. The molecule has 2 aliphatic heterocycles. The third kappa shape index (κ3) is 3.50. The van der Waals surface area contributed by atoms with Crippen LogP contribution in [0.4, 0.5) is 0 Å². The minimum Gasteiger partial charge on any atom is -0.381 e. The summed E-state index contributed by atoms with van der Waals surface area (Å²) in [7, 11) is 0. The van der Waals surface area contributed by atoms with Crippen LogP contribution in [0.1, 0.15) is 41.6 Å². The molecule has 130 valence electrons. The molecule has 3 fully saturated rings. The molecule has 1 aliphatic carbocycles. The van der Waals surface area contributed by atoms with Gasteiger partial charge in [0, 0.05) is 50.5 Å². The Kier molecular flexibility index (Phi) is 4.59. The molecule has 1 aromatic rings. The second kappa shape index (κ2) is 6.85. The predicted octanol–water partition coefficient (Wildman–Crippen LogP) is 2.71. The normalized spacial score (nSPS) is 22.7. The monoisotopic (exact) mass is 328 g/mol. The lowest BCUT2D eigenvalue weighted by Crippen LogP contribution is -2.64. The van der Waals surface area contributed by atoms with Gasteiger partial charge in [-0.2, -0.15) is 0 Å². The van der Waals surface area contributed by atoms with Crippen LogP contribution < -0.4 is 0 Å². The first-order valence-corrected chi connectivity index (χ1v) is 9.40. The molecule has 0 spiro atoms. The second-order valence-corrected chi connectivity index (χ2v) is 7.72. The van der Waals surface area contributed by atoms with Gasteiger partial charge in [0.05, 0.1) is 0 Å². The maximum atomic E-state index is 12.6. The first-order valence-electron chi connectivity index (χ1n) is 9.40. The Balaban J connectivity index is 1.37. The van der Waals surface area contributed by atoms with Crippen molar-refractivity contribution in [2.45, 2.75) is 44.7 Å². The highest BCUT2D eigenvalue weighted by Crippen LogP contribution is 2.34. The summed E-state index contributed by atoms with van der Waals surface area (Å²) in [4.78, 5) is 17.4. The van der Waals surface area contributed by atoms with Crippen molar-refractivity contribution in [1.82, 2.24) is 9.80 Å². The highest BCUT2D eigenvalue weighted by Gasteiger charge is 2.40. The van der Waals surface area contributed by atoms with Crippen LogP contribution >= 0.6 is 0 Å². The topological polar surface area (TPSA) is 32.8 Å². The van der Waals surface area contributed by atoms with Crippen molar-refractivity contribution in [2.24, 2.45) is 5.92 Å². The minimum absolute atomic E-state index is 0.188. The van der Waals surface area contributed by atoms with Gasteiger partial charge in [0.2, 0.25) is 0 Å². The van der Waals surface area contributed by atoms with Crippen LogP contribution in [-0.4, -0.2) is 60.6 Å². The molecule has 1 amide bonds. The standard InChI is InChI=1S/C20H28N2O2/c1-15-3-2-4-17(11-15)20(23)21-13-19(14-21)22(12-16-5-6-16)18-7-9-24-10-8-18/h2-4,11,16,18-19H,5-10,12-14H2,1H3. The lowest BCUT2D eigenvalue weighted by molar-refractivity contribution is -0.0267. The zero-order valence-electron chi connectivity index (χ0n) is 14.6. The van der Waals surface area contributed by atoms with E-state index < -0.39 is 0 Å². The van der Waals surface area contributed by atoms with Gasteiger partial charge in [-0.15, -0.1) is 0 Å². The van der Waals surface area contributed by atoms with E-state index in [4.69, 9.17) is 4.74 Å². The van der Waals surface area contributed by atoms with Crippen molar-refractivity contribution in [3.8, 4) is 0 Å². The van der Waals surface area contributed by atoms with Gasteiger partial charge in [0.1, 0.15) is 0 Å². The van der Waals surface area contributed by atoms with Crippen LogP contribution in [0.3, 0.4) is 0 Å². The van der Waals surface area contributed by atoms with Crippen LogP contribution in [0.2, 0.25) is 0 Å². The lowest BCUT2D eigenvalue weighted by atomic mass is 9.98. The highest BCUT2D eigenvalue weighted by molar-refractivity contribution is 5.95. The summed E-state index contributed by atoms with van der Waals surface area (Å²) < 4.78 is 5.54. The van der Waals surface area contributed by atoms with Crippen LogP contribution in [0.15, 0.2) is 24.3 Å². The fourth-order valence-corrected chi connectivity index (χ4v) is 4.00. The summed E-state index contributed by atoms with van der Waals surface area (Å²) in [6.07, 6.45) is 5.07. The number of amides is 1. The first-order chi connectivity index (χ1) is 11.7. The molecule has 24 heavy (non-hydrogen) atoms. The van der Waals surface area contributed by atoms with E-state index in [1.54, 1.807) is 0 Å². The van der Waals surface area contributed by atoms with E-state index in [1.807, 2.05) is 36.1 Å². The SMILES string of the molecule is Cc1cccc(C(=O)N2CC(N(CC3CC3)C3CCOCC3)C2)c1. The van der Waals surface area contributed by atoms with Crippen molar-refractivity contribution in [3.05, 3.63) is 35.4 Å². The number of likely N-dealkylation sites (tertiary alicyclic amines) is 1. The zero-order chi connectivity index (χ0) is 16.5. The van der Waals surface area contributed by atoms with Crippen molar-refractivity contribution in [3.63, 3.8) is 0 Å². The molecule has 4 rings (SSSR count). The molecule has 0 aromatic heterocycles. The van der Waals surface area contributed by atoms with E-state index in [1.165, 1.54) is 19.4 Å². The molecule has 0 unspecified atom stereocenters. The summed E-state index contributed by atoms with van der Waals surface area (Å²) >= 11 is 0. The van der Waals surface area contributed by atoms with E-state index in [0.29, 0.717) is 12.1 Å². The maximum Gasteiger partial charge on any atom is 0.253 e. The van der Waals surface area contributed by atoms with Crippen LogP contribution in [-0.2, 0) is 4.74 Å². The number of benzene rings is 1. The lowest BCUT2D eigenvalue weighted by Gasteiger charge is -2.49. The van der Waals surface area contributed by atoms with Gasteiger partial charge in [0.15, 0.2) is 0 Å². The number of hydrogen-bond donors (Lipinski definition) is 0. The number of rotatable bonds is 5. The molecule has 2 saturated heterocycles. The molecular formula is C20H28N2O2. The summed E-state index contributed by atoms with van der Waals surface area (Å²) in [5, 5.41) is 0. The Hall–Kier alpha value is -1.39. The molecule has 4 heteroatoms. The van der Waals surface area contributed by atoms with Crippen molar-refractivity contribution < 1.29 is 9.53 Å². The fourth-order valence-electron chi connectivity index (χ4n) is 4.00. The number of aryl methyl sites for hydroxylation is 1. The van der Waals surface area contributed by atoms with Crippen LogP contribution in [0.25, 0.3) is 0 Å². The molecular weight excluding hydrogens is 300 g/mol. The van der Waals surface area contributed by atoms with Gasteiger partial charge in [-0.3, -0.25) is 9.69 Å². The summed E-state index contributed by atoms with van der Waals surface area (Å²) in [6.45, 7) is 6.82. The Morgan fingerprint density at radius 2 is 1.92 bits per heavy atom. The molecule has 4 nitrogen and oxygen atoms in total. The van der Waals surface area contributed by atoms with Gasteiger partial charge >= 0.3 is 0 Å². The fraction of sp³-hybridized carbons (Fsp3) is 0.650. The van der Waals surface area contributed by atoms with Gasteiger partial charge in [-0.05, 0) is 50.7 Å². The van der Waals surface area contributed by atoms with E-state index in [0.717, 1.165) is 56.2 Å². The highest BCUT2D eigenvalue weighted by atomic mass is 16.5. The number of carbonyl (C=O) groups is 1. The number of carbonyl (C=O) groups excluding carboxylic acids is 1. The molecule has 1 saturated carbocycles. The van der Waals surface area contributed by atoms with E-state index in [2.05, 4.69) is 4.90 Å². The average molecular weight is 328 g/mol. The summed E-state index contributed by atoms with van der Waals surface area (Å²) in [5.41, 5.74) is 1.98. The molecule has 1 aromatic carbocycles. The predicted molar refractivity (Wildman–Crippen MR) is 94.1 cm³/mol. The van der Waals surface area contributed by atoms with Crippen molar-refractivity contribution >= 4 is 5.91 Å². The second-order valence-electron chi connectivity index (χ2n) is 7.72. The van der Waals surface area contributed by atoms with Crippen molar-refractivity contribution in [2.75, 3.05) is 32.8 Å². The van der Waals surface area contributed by atoms with Crippen LogP contribution in [0.5, 0.6) is 0 Å². The molecule has 0 atom stereocenters. The third-order valence-corrected chi connectivity index (χ3v) is 5.71. The van der Waals surface area contributed by atoms with E-state index in [-0.39, 0.29) is 5.91 Å². The minimum atomic E-state index is 0.188. The Labute approximate surface area is 144 Å². The number of nitrogens with zero attached hydrogens (tertiary/aromatic N) is 2. The van der Waals surface area contributed by atoms with Crippen molar-refractivity contribution in [1.29, 1.82) is 0 Å². The van der Waals surface area contributed by atoms with Gasteiger partial charge in [-0.1, -0.05) is 17.7 Å². The van der Waals surface area contributed by atoms with E-state index in [9.17, 15) is 4.79 Å².